The number of carboxylic acids is 1. The third-order valence-electron chi connectivity index (χ3n) is 3.14. The zero-order valence-corrected chi connectivity index (χ0v) is 10.5. The summed E-state index contributed by atoms with van der Waals surface area (Å²) in [7, 11) is 0. The molecule has 0 aliphatic carbocycles. The maximum atomic E-state index is 11.5. The summed E-state index contributed by atoms with van der Waals surface area (Å²) in [6.07, 6.45) is 0. The van der Waals surface area contributed by atoms with Gasteiger partial charge in [-0.05, 0) is 24.6 Å². The van der Waals surface area contributed by atoms with Gasteiger partial charge in [-0.25, -0.2) is 4.79 Å². The molecule has 2 aromatic rings. The standard InChI is InChI=1S/C15H16O3/c1-3-18-15(2,14(16)17)13-10-6-8-11-7-4-5-9-12(11)13/h4-10H,3H2,1-2H3,(H,16,17)/t15-/m1/s1. The molecule has 1 N–H and O–H groups in total. The van der Waals surface area contributed by atoms with Gasteiger partial charge in [0.2, 0.25) is 0 Å². The summed E-state index contributed by atoms with van der Waals surface area (Å²) in [6.45, 7) is 3.75. The molecule has 0 fully saturated rings. The van der Waals surface area contributed by atoms with Crippen molar-refractivity contribution in [1.82, 2.24) is 0 Å². The van der Waals surface area contributed by atoms with E-state index in [2.05, 4.69) is 0 Å². The van der Waals surface area contributed by atoms with Gasteiger partial charge in [-0.2, -0.15) is 0 Å². The van der Waals surface area contributed by atoms with Crippen molar-refractivity contribution in [1.29, 1.82) is 0 Å². The molecule has 1 atom stereocenters. The quantitative estimate of drug-likeness (QED) is 0.898. The number of carboxylic acid groups (broad SMARTS) is 1. The van der Waals surface area contributed by atoms with E-state index >= 15 is 0 Å². The Morgan fingerprint density at radius 3 is 2.56 bits per heavy atom. The molecule has 0 aliphatic rings. The smallest absolute Gasteiger partial charge is 0.340 e. The van der Waals surface area contributed by atoms with Crippen molar-refractivity contribution >= 4 is 16.7 Å². The summed E-state index contributed by atoms with van der Waals surface area (Å²) in [5, 5.41) is 11.4. The maximum Gasteiger partial charge on any atom is 0.340 e. The van der Waals surface area contributed by atoms with Crippen LogP contribution in [0.3, 0.4) is 0 Å². The summed E-state index contributed by atoms with van der Waals surface area (Å²) in [6, 6.07) is 13.4. The van der Waals surface area contributed by atoms with Crippen LogP contribution in [0.25, 0.3) is 10.8 Å². The molecular weight excluding hydrogens is 228 g/mol. The van der Waals surface area contributed by atoms with E-state index in [9.17, 15) is 9.90 Å². The van der Waals surface area contributed by atoms with Crippen LogP contribution in [0.4, 0.5) is 0 Å². The fourth-order valence-electron chi connectivity index (χ4n) is 2.18. The molecule has 0 unspecified atom stereocenters. The first-order valence-electron chi connectivity index (χ1n) is 5.95. The Balaban J connectivity index is 2.68. The molecule has 0 amide bonds. The molecule has 0 saturated heterocycles. The zero-order valence-electron chi connectivity index (χ0n) is 10.5. The van der Waals surface area contributed by atoms with Gasteiger partial charge in [0.05, 0.1) is 0 Å². The summed E-state index contributed by atoms with van der Waals surface area (Å²) in [5.41, 5.74) is -0.620. The molecule has 2 aromatic carbocycles. The van der Waals surface area contributed by atoms with Crippen molar-refractivity contribution in [2.45, 2.75) is 19.4 Å². The Morgan fingerprint density at radius 1 is 1.22 bits per heavy atom. The van der Waals surface area contributed by atoms with E-state index < -0.39 is 11.6 Å². The van der Waals surface area contributed by atoms with Gasteiger partial charge in [0, 0.05) is 12.2 Å². The van der Waals surface area contributed by atoms with Crippen LogP contribution in [0.15, 0.2) is 42.5 Å². The number of fused-ring (bicyclic) bond motifs is 1. The molecule has 2 rings (SSSR count). The van der Waals surface area contributed by atoms with Gasteiger partial charge in [0.1, 0.15) is 0 Å². The minimum absolute atomic E-state index is 0.353. The van der Waals surface area contributed by atoms with Crippen molar-refractivity contribution < 1.29 is 14.6 Å². The van der Waals surface area contributed by atoms with Crippen LogP contribution >= 0.6 is 0 Å². The molecule has 0 radical (unpaired) electrons. The van der Waals surface area contributed by atoms with Crippen molar-refractivity contribution in [2.24, 2.45) is 0 Å². The van der Waals surface area contributed by atoms with Crippen LogP contribution in [0.5, 0.6) is 0 Å². The van der Waals surface area contributed by atoms with Gasteiger partial charge in [-0.1, -0.05) is 42.5 Å². The Morgan fingerprint density at radius 2 is 1.89 bits per heavy atom. The van der Waals surface area contributed by atoms with E-state index in [0.29, 0.717) is 12.2 Å². The van der Waals surface area contributed by atoms with Crippen LogP contribution in [0, 0.1) is 0 Å². The van der Waals surface area contributed by atoms with Gasteiger partial charge in [0.15, 0.2) is 5.60 Å². The van der Waals surface area contributed by atoms with Crippen LogP contribution in [-0.4, -0.2) is 17.7 Å². The number of ether oxygens (including phenoxy) is 1. The van der Waals surface area contributed by atoms with E-state index in [1.807, 2.05) is 42.5 Å². The van der Waals surface area contributed by atoms with Crippen molar-refractivity contribution in [2.75, 3.05) is 6.61 Å². The van der Waals surface area contributed by atoms with Gasteiger partial charge in [-0.3, -0.25) is 0 Å². The average molecular weight is 244 g/mol. The Kier molecular flexibility index (Phi) is 3.34. The molecule has 94 valence electrons. The molecule has 3 nitrogen and oxygen atoms in total. The van der Waals surface area contributed by atoms with Crippen molar-refractivity contribution in [3.8, 4) is 0 Å². The van der Waals surface area contributed by atoms with Gasteiger partial charge < -0.3 is 9.84 Å². The first-order chi connectivity index (χ1) is 8.59. The Hall–Kier alpha value is -1.87. The van der Waals surface area contributed by atoms with Gasteiger partial charge in [-0.15, -0.1) is 0 Å². The second kappa shape index (κ2) is 4.78. The van der Waals surface area contributed by atoms with Gasteiger partial charge >= 0.3 is 5.97 Å². The average Bonchev–Trinajstić information content (AvgIpc) is 2.38. The van der Waals surface area contributed by atoms with E-state index in [4.69, 9.17) is 4.74 Å². The molecule has 3 heteroatoms. The first-order valence-corrected chi connectivity index (χ1v) is 5.95. The van der Waals surface area contributed by atoms with Crippen LogP contribution < -0.4 is 0 Å². The van der Waals surface area contributed by atoms with Gasteiger partial charge in [0.25, 0.3) is 0 Å². The van der Waals surface area contributed by atoms with Crippen LogP contribution in [-0.2, 0) is 15.1 Å². The molecule has 0 saturated carbocycles. The van der Waals surface area contributed by atoms with Crippen LogP contribution in [0.1, 0.15) is 19.4 Å². The second-order valence-corrected chi connectivity index (χ2v) is 4.30. The lowest BCUT2D eigenvalue weighted by atomic mass is 9.90. The molecule has 0 bridgehead atoms. The summed E-state index contributed by atoms with van der Waals surface area (Å²) >= 11 is 0. The minimum atomic E-state index is -1.31. The largest absolute Gasteiger partial charge is 0.479 e. The highest BCUT2D eigenvalue weighted by Crippen LogP contribution is 2.32. The van der Waals surface area contributed by atoms with Crippen molar-refractivity contribution in [3.05, 3.63) is 48.0 Å². The Bertz CT molecular complexity index is 571. The lowest BCUT2D eigenvalue weighted by Crippen LogP contribution is -2.35. The summed E-state index contributed by atoms with van der Waals surface area (Å²) < 4.78 is 5.49. The predicted molar refractivity (Wildman–Crippen MR) is 70.6 cm³/mol. The third kappa shape index (κ3) is 1.97. The first kappa shape index (κ1) is 12.6. The summed E-state index contributed by atoms with van der Waals surface area (Å²) in [5.74, 6) is -0.972. The minimum Gasteiger partial charge on any atom is -0.479 e. The van der Waals surface area contributed by atoms with E-state index in [-0.39, 0.29) is 0 Å². The monoisotopic (exact) mass is 244 g/mol. The number of hydrogen-bond donors (Lipinski definition) is 1. The lowest BCUT2D eigenvalue weighted by molar-refractivity contribution is -0.164. The molecule has 0 aliphatic heterocycles. The van der Waals surface area contributed by atoms with Crippen LogP contribution in [0.2, 0.25) is 0 Å². The topological polar surface area (TPSA) is 46.5 Å². The zero-order chi connectivity index (χ0) is 13.2. The normalized spacial score (nSPS) is 14.3. The predicted octanol–water partition coefficient (Wildman–Crippen LogP) is 3.18. The fraction of sp³-hybridized carbons (Fsp3) is 0.267. The molecule has 0 spiro atoms. The number of rotatable bonds is 4. The Labute approximate surface area is 106 Å². The molecular formula is C15H16O3. The number of hydrogen-bond acceptors (Lipinski definition) is 2. The van der Waals surface area contributed by atoms with E-state index in [1.54, 1.807) is 13.8 Å². The highest BCUT2D eigenvalue weighted by Gasteiger charge is 2.37. The number of benzene rings is 2. The van der Waals surface area contributed by atoms with Crippen molar-refractivity contribution in [3.63, 3.8) is 0 Å². The number of carbonyl (C=O) groups is 1. The third-order valence-corrected chi connectivity index (χ3v) is 3.14. The maximum absolute atomic E-state index is 11.5. The van der Waals surface area contributed by atoms with E-state index in [0.717, 1.165) is 10.8 Å². The fourth-order valence-corrected chi connectivity index (χ4v) is 2.18. The molecule has 18 heavy (non-hydrogen) atoms. The molecule has 0 heterocycles. The van der Waals surface area contributed by atoms with E-state index in [1.165, 1.54) is 0 Å². The molecule has 0 aromatic heterocycles. The number of aliphatic carboxylic acids is 1. The highest BCUT2D eigenvalue weighted by molar-refractivity contribution is 5.92. The highest BCUT2D eigenvalue weighted by atomic mass is 16.5. The SMILES string of the molecule is CCO[C@@](C)(C(=O)O)c1cccc2ccccc12. The lowest BCUT2D eigenvalue weighted by Gasteiger charge is -2.26. The second-order valence-electron chi connectivity index (χ2n) is 4.30. The summed E-state index contributed by atoms with van der Waals surface area (Å²) in [4.78, 5) is 11.5.